The first kappa shape index (κ1) is 13.4. The zero-order valence-corrected chi connectivity index (χ0v) is 10.3. The Labute approximate surface area is 109 Å². The number of rotatable bonds is 4. The van der Waals surface area contributed by atoms with Crippen LogP contribution in [0.5, 0.6) is 0 Å². The number of aliphatic hydroxyl groups is 1. The summed E-state index contributed by atoms with van der Waals surface area (Å²) in [6.07, 6.45) is 3.80. The van der Waals surface area contributed by atoms with Crippen LogP contribution in [0.25, 0.3) is 0 Å². The van der Waals surface area contributed by atoms with Crippen LogP contribution in [0.15, 0.2) is 6.20 Å². The van der Waals surface area contributed by atoms with Gasteiger partial charge in [-0.2, -0.15) is 4.98 Å². The molecule has 0 amide bonds. The lowest BCUT2D eigenvalue weighted by Crippen LogP contribution is -2.42. The van der Waals surface area contributed by atoms with E-state index in [1.165, 1.54) is 0 Å². The summed E-state index contributed by atoms with van der Waals surface area (Å²) in [7, 11) is 0. The van der Waals surface area contributed by atoms with Crippen molar-refractivity contribution < 1.29 is 10.0 Å². The van der Waals surface area contributed by atoms with Crippen molar-refractivity contribution in [1.82, 2.24) is 9.97 Å². The first-order valence-corrected chi connectivity index (χ1v) is 6.03. The quantitative estimate of drug-likeness (QED) is 0.396. The number of hydrogen-bond donors (Lipinski definition) is 3. The van der Waals surface area contributed by atoms with Crippen molar-refractivity contribution in [3.05, 3.63) is 16.3 Å². The van der Waals surface area contributed by atoms with Crippen LogP contribution in [0.3, 0.4) is 0 Å². The highest BCUT2D eigenvalue weighted by molar-refractivity contribution is 5.59. The number of nitrogens with one attached hydrogen (secondary N) is 1. The van der Waals surface area contributed by atoms with E-state index in [0.29, 0.717) is 6.54 Å². The van der Waals surface area contributed by atoms with Gasteiger partial charge in [-0.1, -0.05) is 0 Å². The fourth-order valence-corrected chi connectivity index (χ4v) is 2.25. The molecule has 0 aliphatic carbocycles. The van der Waals surface area contributed by atoms with Gasteiger partial charge < -0.3 is 10.0 Å². The normalized spacial score (nSPS) is 19.3. The Balaban J connectivity index is 2.42. The van der Waals surface area contributed by atoms with Crippen molar-refractivity contribution in [3.63, 3.8) is 0 Å². The molecule has 9 nitrogen and oxygen atoms in total. The van der Waals surface area contributed by atoms with Crippen LogP contribution < -0.4 is 16.2 Å². The lowest BCUT2D eigenvalue weighted by atomic mass is 10.0. The SMILES string of the molecule is NNc1ncc([N+](=O)[O-])c(N2CCCCC2CO)n1. The molecule has 1 saturated heterocycles. The summed E-state index contributed by atoms with van der Waals surface area (Å²) in [6, 6.07) is -0.159. The molecule has 1 aromatic rings. The molecule has 2 rings (SSSR count). The molecule has 1 fully saturated rings. The van der Waals surface area contributed by atoms with Crippen molar-refractivity contribution in [3.8, 4) is 0 Å². The molecule has 4 N–H and O–H groups in total. The highest BCUT2D eigenvalue weighted by Crippen LogP contribution is 2.31. The highest BCUT2D eigenvalue weighted by Gasteiger charge is 2.29. The van der Waals surface area contributed by atoms with E-state index in [4.69, 9.17) is 5.84 Å². The molecule has 0 spiro atoms. The zero-order chi connectivity index (χ0) is 13.8. The van der Waals surface area contributed by atoms with Gasteiger partial charge in [-0.15, -0.1) is 0 Å². The smallest absolute Gasteiger partial charge is 0.329 e. The van der Waals surface area contributed by atoms with Crippen LogP contribution in [0, 0.1) is 10.1 Å². The second-order valence-electron chi connectivity index (χ2n) is 4.33. The predicted molar refractivity (Wildman–Crippen MR) is 68.6 cm³/mol. The minimum absolute atomic E-state index is 0.0630. The van der Waals surface area contributed by atoms with Gasteiger partial charge in [0, 0.05) is 6.54 Å². The predicted octanol–water partition coefficient (Wildman–Crippen LogP) is 0.0216. The third kappa shape index (κ3) is 2.71. The molecule has 104 valence electrons. The lowest BCUT2D eigenvalue weighted by molar-refractivity contribution is -0.384. The molecular weight excluding hydrogens is 252 g/mol. The number of hydrogen-bond acceptors (Lipinski definition) is 8. The van der Waals surface area contributed by atoms with Gasteiger partial charge in [0.05, 0.1) is 17.6 Å². The van der Waals surface area contributed by atoms with Gasteiger partial charge in [-0.25, -0.2) is 10.8 Å². The van der Waals surface area contributed by atoms with Crippen LogP contribution in [-0.2, 0) is 0 Å². The van der Waals surface area contributed by atoms with Crippen LogP contribution in [0.4, 0.5) is 17.5 Å². The van der Waals surface area contributed by atoms with E-state index in [-0.39, 0.29) is 30.1 Å². The van der Waals surface area contributed by atoms with E-state index < -0.39 is 4.92 Å². The van der Waals surface area contributed by atoms with Crippen molar-refractivity contribution in [1.29, 1.82) is 0 Å². The summed E-state index contributed by atoms with van der Waals surface area (Å²) in [5, 5.41) is 20.4. The van der Waals surface area contributed by atoms with E-state index >= 15 is 0 Å². The van der Waals surface area contributed by atoms with Gasteiger partial charge in [0.25, 0.3) is 0 Å². The van der Waals surface area contributed by atoms with Gasteiger partial charge in [0.1, 0.15) is 6.20 Å². The Bertz CT molecular complexity index is 469. The summed E-state index contributed by atoms with van der Waals surface area (Å²) >= 11 is 0. The minimum atomic E-state index is -0.529. The van der Waals surface area contributed by atoms with Gasteiger partial charge in [0.15, 0.2) is 0 Å². The second-order valence-corrected chi connectivity index (χ2v) is 4.33. The number of nitrogens with two attached hydrogens (primary N) is 1. The van der Waals surface area contributed by atoms with Crippen LogP contribution in [0.2, 0.25) is 0 Å². The highest BCUT2D eigenvalue weighted by atomic mass is 16.6. The Morgan fingerprint density at radius 1 is 1.63 bits per heavy atom. The third-order valence-electron chi connectivity index (χ3n) is 3.19. The standard InChI is InChI=1S/C10H16N6O3/c11-14-10-12-5-8(16(18)19)9(13-10)15-4-2-1-3-7(15)6-17/h5,7,17H,1-4,6,11H2,(H,12,13,14). The van der Waals surface area contributed by atoms with Gasteiger partial charge in [-0.3, -0.25) is 15.5 Å². The Kier molecular flexibility index (Phi) is 4.07. The summed E-state index contributed by atoms with van der Waals surface area (Å²) in [6.45, 7) is 0.555. The molecule has 1 aliphatic rings. The Morgan fingerprint density at radius 3 is 3.05 bits per heavy atom. The topological polar surface area (TPSA) is 130 Å². The summed E-state index contributed by atoms with van der Waals surface area (Å²) in [4.78, 5) is 20.1. The third-order valence-corrected chi connectivity index (χ3v) is 3.19. The van der Waals surface area contributed by atoms with Crippen molar-refractivity contribution in [2.45, 2.75) is 25.3 Å². The first-order chi connectivity index (χ1) is 9.17. The summed E-state index contributed by atoms with van der Waals surface area (Å²) in [5.74, 6) is 5.54. The number of aromatic nitrogens is 2. The Morgan fingerprint density at radius 2 is 2.42 bits per heavy atom. The summed E-state index contributed by atoms with van der Waals surface area (Å²) in [5.41, 5.74) is 2.09. The number of aliphatic hydroxyl groups excluding tert-OH is 1. The average Bonchev–Trinajstić information content (AvgIpc) is 2.46. The number of piperidine rings is 1. The first-order valence-electron chi connectivity index (χ1n) is 6.03. The molecule has 1 atom stereocenters. The minimum Gasteiger partial charge on any atom is -0.394 e. The molecule has 1 unspecified atom stereocenters. The van der Waals surface area contributed by atoms with E-state index in [2.05, 4.69) is 15.4 Å². The second kappa shape index (κ2) is 5.76. The Hall–Kier alpha value is -2.00. The molecule has 0 bridgehead atoms. The molecule has 9 heteroatoms. The van der Waals surface area contributed by atoms with Crippen molar-refractivity contribution >= 4 is 17.5 Å². The zero-order valence-electron chi connectivity index (χ0n) is 10.3. The maximum atomic E-state index is 11.0. The van der Waals surface area contributed by atoms with Crippen molar-refractivity contribution in [2.75, 3.05) is 23.5 Å². The van der Waals surface area contributed by atoms with Gasteiger partial charge in [0.2, 0.25) is 11.8 Å². The maximum absolute atomic E-state index is 11.0. The van der Waals surface area contributed by atoms with E-state index in [0.717, 1.165) is 25.5 Å². The summed E-state index contributed by atoms with van der Waals surface area (Å²) < 4.78 is 0. The monoisotopic (exact) mass is 268 g/mol. The van der Waals surface area contributed by atoms with Crippen LogP contribution in [-0.4, -0.2) is 39.2 Å². The molecule has 19 heavy (non-hydrogen) atoms. The molecule has 1 aliphatic heterocycles. The van der Waals surface area contributed by atoms with Crippen LogP contribution in [0.1, 0.15) is 19.3 Å². The number of nitrogens with zero attached hydrogens (tertiary/aromatic N) is 4. The van der Waals surface area contributed by atoms with Crippen LogP contribution >= 0.6 is 0 Å². The molecule has 2 heterocycles. The van der Waals surface area contributed by atoms with Crippen molar-refractivity contribution in [2.24, 2.45) is 5.84 Å². The molecule has 0 saturated carbocycles. The largest absolute Gasteiger partial charge is 0.394 e. The number of anilines is 2. The fourth-order valence-electron chi connectivity index (χ4n) is 2.25. The average molecular weight is 268 g/mol. The molecule has 0 radical (unpaired) electrons. The number of nitro groups is 1. The number of nitrogen functional groups attached to an aromatic ring is 1. The van der Waals surface area contributed by atoms with E-state index in [1.807, 2.05) is 0 Å². The molecular formula is C10H16N6O3. The fraction of sp³-hybridized carbons (Fsp3) is 0.600. The van der Waals surface area contributed by atoms with Gasteiger partial charge >= 0.3 is 5.69 Å². The number of hydrazine groups is 1. The molecule has 1 aromatic heterocycles. The molecule has 0 aromatic carbocycles. The van der Waals surface area contributed by atoms with E-state index in [9.17, 15) is 15.2 Å². The van der Waals surface area contributed by atoms with Gasteiger partial charge in [-0.05, 0) is 19.3 Å². The lowest BCUT2D eigenvalue weighted by Gasteiger charge is -2.35. The van der Waals surface area contributed by atoms with E-state index in [1.54, 1.807) is 4.90 Å². The maximum Gasteiger partial charge on any atom is 0.329 e.